The minimum Gasteiger partial charge on any atom is -0.481 e. The SMILES string of the molecule is CC1(C(=O)O)CCCCC1NS(=O)(=O)N1CCCCC1. The van der Waals surface area contributed by atoms with Crippen molar-refractivity contribution in [2.45, 2.75) is 57.9 Å². The molecule has 1 heterocycles. The molecule has 0 aromatic carbocycles. The van der Waals surface area contributed by atoms with E-state index < -0.39 is 27.6 Å². The van der Waals surface area contributed by atoms with Crippen molar-refractivity contribution in [1.29, 1.82) is 0 Å². The summed E-state index contributed by atoms with van der Waals surface area (Å²) >= 11 is 0. The Morgan fingerprint density at radius 2 is 1.85 bits per heavy atom. The van der Waals surface area contributed by atoms with Gasteiger partial charge in [0.1, 0.15) is 0 Å². The molecular formula is C13H24N2O4S. The first-order valence-corrected chi connectivity index (χ1v) is 8.81. The molecule has 6 nitrogen and oxygen atoms in total. The van der Waals surface area contributed by atoms with Gasteiger partial charge in [0.25, 0.3) is 10.2 Å². The fourth-order valence-electron chi connectivity index (χ4n) is 3.14. The lowest BCUT2D eigenvalue weighted by atomic mass is 9.72. The molecule has 0 aromatic rings. The maximum absolute atomic E-state index is 12.4. The Morgan fingerprint density at radius 3 is 2.45 bits per heavy atom. The summed E-state index contributed by atoms with van der Waals surface area (Å²) in [5.74, 6) is -0.913. The number of carboxylic acids is 1. The van der Waals surface area contributed by atoms with Crippen molar-refractivity contribution in [2.24, 2.45) is 5.41 Å². The number of nitrogens with zero attached hydrogens (tertiary/aromatic N) is 1. The Bertz CT molecular complexity index is 459. The number of hydrogen-bond donors (Lipinski definition) is 2. The topological polar surface area (TPSA) is 86.7 Å². The molecule has 0 spiro atoms. The molecule has 1 saturated heterocycles. The Labute approximate surface area is 120 Å². The Morgan fingerprint density at radius 1 is 1.20 bits per heavy atom. The maximum Gasteiger partial charge on any atom is 0.310 e. The molecule has 0 bridgehead atoms. The third-order valence-corrected chi connectivity index (χ3v) is 6.27. The highest BCUT2D eigenvalue weighted by atomic mass is 32.2. The van der Waals surface area contributed by atoms with Crippen LogP contribution in [-0.4, -0.2) is 42.9 Å². The highest BCUT2D eigenvalue weighted by Gasteiger charge is 2.45. The summed E-state index contributed by atoms with van der Waals surface area (Å²) < 4.78 is 28.9. The van der Waals surface area contributed by atoms with Gasteiger partial charge in [0.05, 0.1) is 5.41 Å². The van der Waals surface area contributed by atoms with Crippen molar-refractivity contribution in [3.05, 3.63) is 0 Å². The highest BCUT2D eigenvalue weighted by molar-refractivity contribution is 7.87. The van der Waals surface area contributed by atoms with E-state index in [2.05, 4.69) is 4.72 Å². The number of aliphatic carboxylic acids is 1. The van der Waals surface area contributed by atoms with Gasteiger partial charge in [-0.15, -0.1) is 0 Å². The van der Waals surface area contributed by atoms with Gasteiger partial charge in [-0.05, 0) is 32.6 Å². The Balaban J connectivity index is 2.11. The van der Waals surface area contributed by atoms with E-state index >= 15 is 0 Å². The van der Waals surface area contributed by atoms with E-state index in [0.717, 1.165) is 32.1 Å². The second-order valence-electron chi connectivity index (χ2n) is 6.10. The molecular weight excluding hydrogens is 280 g/mol. The van der Waals surface area contributed by atoms with Crippen LogP contribution in [0, 0.1) is 5.41 Å². The van der Waals surface area contributed by atoms with Gasteiger partial charge in [0, 0.05) is 19.1 Å². The first-order valence-electron chi connectivity index (χ1n) is 7.37. The normalized spacial score (nSPS) is 33.0. The largest absolute Gasteiger partial charge is 0.481 e. The molecule has 0 radical (unpaired) electrons. The lowest BCUT2D eigenvalue weighted by Crippen LogP contribution is -2.55. The maximum atomic E-state index is 12.4. The van der Waals surface area contributed by atoms with Gasteiger partial charge < -0.3 is 5.11 Å². The summed E-state index contributed by atoms with van der Waals surface area (Å²) in [6.07, 6.45) is 5.64. The molecule has 20 heavy (non-hydrogen) atoms. The molecule has 2 N–H and O–H groups in total. The predicted molar refractivity (Wildman–Crippen MR) is 75.5 cm³/mol. The molecule has 2 rings (SSSR count). The van der Waals surface area contributed by atoms with E-state index in [1.54, 1.807) is 6.92 Å². The van der Waals surface area contributed by atoms with E-state index in [1.807, 2.05) is 0 Å². The second-order valence-corrected chi connectivity index (χ2v) is 7.81. The average molecular weight is 304 g/mol. The highest BCUT2D eigenvalue weighted by Crippen LogP contribution is 2.37. The van der Waals surface area contributed by atoms with Crippen molar-refractivity contribution in [3.63, 3.8) is 0 Å². The third-order valence-electron chi connectivity index (χ3n) is 4.64. The summed E-state index contributed by atoms with van der Waals surface area (Å²) in [7, 11) is -3.57. The number of piperidine rings is 1. The van der Waals surface area contributed by atoms with Crippen LogP contribution in [0.4, 0.5) is 0 Å². The van der Waals surface area contributed by atoms with E-state index in [0.29, 0.717) is 25.9 Å². The quantitative estimate of drug-likeness (QED) is 0.820. The molecule has 2 fully saturated rings. The summed E-state index contributed by atoms with van der Waals surface area (Å²) in [4.78, 5) is 11.5. The molecule has 2 unspecified atom stereocenters. The van der Waals surface area contributed by atoms with Gasteiger partial charge >= 0.3 is 5.97 Å². The van der Waals surface area contributed by atoms with Gasteiger partial charge in [0.15, 0.2) is 0 Å². The third kappa shape index (κ3) is 3.15. The summed E-state index contributed by atoms with van der Waals surface area (Å²) in [6, 6.07) is -0.513. The molecule has 1 aliphatic heterocycles. The van der Waals surface area contributed by atoms with Gasteiger partial charge in [-0.3, -0.25) is 4.79 Å². The van der Waals surface area contributed by atoms with Crippen molar-refractivity contribution in [3.8, 4) is 0 Å². The van der Waals surface area contributed by atoms with E-state index in [4.69, 9.17) is 0 Å². The lowest BCUT2D eigenvalue weighted by Gasteiger charge is -2.39. The van der Waals surface area contributed by atoms with Crippen LogP contribution in [0.1, 0.15) is 51.9 Å². The van der Waals surface area contributed by atoms with Crippen LogP contribution >= 0.6 is 0 Å². The Hall–Kier alpha value is -0.660. The number of carboxylic acid groups (broad SMARTS) is 1. The monoisotopic (exact) mass is 304 g/mol. The van der Waals surface area contributed by atoms with Crippen LogP contribution < -0.4 is 4.72 Å². The van der Waals surface area contributed by atoms with E-state index in [1.165, 1.54) is 4.31 Å². The van der Waals surface area contributed by atoms with Crippen LogP contribution in [0.2, 0.25) is 0 Å². The number of hydrogen-bond acceptors (Lipinski definition) is 3. The predicted octanol–water partition coefficient (Wildman–Crippen LogP) is 1.34. The zero-order chi connectivity index (χ0) is 14.8. The van der Waals surface area contributed by atoms with E-state index in [9.17, 15) is 18.3 Å². The van der Waals surface area contributed by atoms with Crippen LogP contribution in [0.25, 0.3) is 0 Å². The first-order chi connectivity index (χ1) is 9.36. The standard InChI is InChI=1S/C13H24N2O4S/c1-13(12(16)17)8-4-3-7-11(13)14-20(18,19)15-9-5-2-6-10-15/h11,14H,2-10H2,1H3,(H,16,17). The van der Waals surface area contributed by atoms with Crippen LogP contribution in [0.15, 0.2) is 0 Å². The van der Waals surface area contributed by atoms with Crippen molar-refractivity contribution < 1.29 is 18.3 Å². The first kappa shape index (κ1) is 15.7. The molecule has 2 aliphatic rings. The molecule has 0 aromatic heterocycles. The fraction of sp³-hybridized carbons (Fsp3) is 0.923. The summed E-state index contributed by atoms with van der Waals surface area (Å²) in [5, 5.41) is 9.43. The zero-order valence-corrected chi connectivity index (χ0v) is 12.8. The summed E-state index contributed by atoms with van der Waals surface area (Å²) in [6.45, 7) is 2.72. The van der Waals surface area contributed by atoms with E-state index in [-0.39, 0.29) is 0 Å². The number of carbonyl (C=O) groups is 1. The van der Waals surface area contributed by atoms with Crippen LogP contribution in [0.3, 0.4) is 0 Å². The molecule has 1 aliphatic carbocycles. The fourth-order valence-corrected chi connectivity index (χ4v) is 4.76. The average Bonchev–Trinajstić information content (AvgIpc) is 2.42. The van der Waals surface area contributed by atoms with Crippen LogP contribution in [-0.2, 0) is 15.0 Å². The van der Waals surface area contributed by atoms with Gasteiger partial charge in [0.2, 0.25) is 0 Å². The minimum atomic E-state index is -3.57. The molecule has 7 heteroatoms. The second kappa shape index (κ2) is 5.99. The van der Waals surface area contributed by atoms with Crippen LogP contribution in [0.5, 0.6) is 0 Å². The van der Waals surface area contributed by atoms with Crippen molar-refractivity contribution >= 4 is 16.2 Å². The summed E-state index contributed by atoms with van der Waals surface area (Å²) in [5.41, 5.74) is -0.999. The Kier molecular flexibility index (Phi) is 4.71. The lowest BCUT2D eigenvalue weighted by molar-refractivity contribution is -0.151. The number of nitrogens with one attached hydrogen (secondary N) is 1. The van der Waals surface area contributed by atoms with Gasteiger partial charge in [-0.1, -0.05) is 19.3 Å². The van der Waals surface area contributed by atoms with Crippen molar-refractivity contribution in [1.82, 2.24) is 9.03 Å². The zero-order valence-electron chi connectivity index (χ0n) is 12.0. The molecule has 116 valence electrons. The molecule has 0 amide bonds. The minimum absolute atomic E-state index is 0.513. The smallest absolute Gasteiger partial charge is 0.310 e. The number of rotatable bonds is 4. The molecule has 1 saturated carbocycles. The van der Waals surface area contributed by atoms with Crippen molar-refractivity contribution in [2.75, 3.05) is 13.1 Å². The van der Waals surface area contributed by atoms with Gasteiger partial charge in [-0.25, -0.2) is 0 Å². The van der Waals surface area contributed by atoms with Gasteiger partial charge in [-0.2, -0.15) is 17.4 Å². The molecule has 2 atom stereocenters.